The van der Waals surface area contributed by atoms with Crippen LogP contribution in [-0.2, 0) is 6.54 Å². The molecule has 2 rings (SSSR count). The van der Waals surface area contributed by atoms with Crippen molar-refractivity contribution >= 4 is 11.6 Å². The van der Waals surface area contributed by atoms with Crippen molar-refractivity contribution in [2.24, 2.45) is 0 Å². The molecule has 1 aromatic rings. The zero-order chi connectivity index (χ0) is 12.3. The lowest BCUT2D eigenvalue weighted by Gasteiger charge is -2.26. The number of likely N-dealkylation sites (N-methyl/N-ethyl adjacent to an activating group) is 1. The average Bonchev–Trinajstić information content (AvgIpc) is 2.84. The maximum Gasteiger partial charge on any atom is 0.141 e. The first-order valence-corrected chi connectivity index (χ1v) is 6.47. The van der Waals surface area contributed by atoms with Gasteiger partial charge in [-0.25, -0.2) is 4.39 Å². The molecule has 4 heteroatoms. The first kappa shape index (κ1) is 12.8. The van der Waals surface area contributed by atoms with Crippen LogP contribution >= 0.6 is 11.6 Å². The van der Waals surface area contributed by atoms with E-state index in [0.29, 0.717) is 6.04 Å². The molecule has 1 aromatic carbocycles. The summed E-state index contributed by atoms with van der Waals surface area (Å²) in [5.41, 5.74) is 1.07. The predicted molar refractivity (Wildman–Crippen MR) is 68.8 cm³/mol. The topological polar surface area (TPSA) is 15.3 Å². The second kappa shape index (κ2) is 5.80. The Kier molecular flexibility index (Phi) is 4.37. The SMILES string of the molecule is CCN(Cc1ccc(F)c(Cl)c1)C1CCNC1. The van der Waals surface area contributed by atoms with Crippen molar-refractivity contribution in [3.8, 4) is 0 Å². The number of halogens is 2. The molecule has 94 valence electrons. The summed E-state index contributed by atoms with van der Waals surface area (Å²) in [6.07, 6.45) is 1.18. The van der Waals surface area contributed by atoms with Gasteiger partial charge in [-0.3, -0.25) is 4.90 Å². The molecule has 0 amide bonds. The van der Waals surface area contributed by atoms with Gasteiger partial charge in [-0.05, 0) is 37.2 Å². The molecule has 0 aliphatic carbocycles. The molecule has 0 bridgehead atoms. The normalized spacial score (nSPS) is 20.1. The number of benzene rings is 1. The summed E-state index contributed by atoms with van der Waals surface area (Å²) in [5, 5.41) is 3.58. The Bertz CT molecular complexity index is 378. The monoisotopic (exact) mass is 256 g/mol. The Morgan fingerprint density at radius 1 is 1.53 bits per heavy atom. The molecule has 1 unspecified atom stereocenters. The van der Waals surface area contributed by atoms with Gasteiger partial charge in [0.15, 0.2) is 0 Å². The molecular formula is C13H18ClFN2. The Labute approximate surface area is 107 Å². The van der Waals surface area contributed by atoms with Crippen molar-refractivity contribution < 1.29 is 4.39 Å². The summed E-state index contributed by atoms with van der Waals surface area (Å²) >= 11 is 5.79. The smallest absolute Gasteiger partial charge is 0.141 e. The Hall–Kier alpha value is -0.640. The van der Waals surface area contributed by atoms with Crippen molar-refractivity contribution in [2.45, 2.75) is 25.9 Å². The second-order valence-electron chi connectivity index (χ2n) is 4.46. The molecule has 1 aliphatic heterocycles. The maximum absolute atomic E-state index is 13.1. The molecule has 0 spiro atoms. The van der Waals surface area contributed by atoms with Crippen LogP contribution in [0.3, 0.4) is 0 Å². The quantitative estimate of drug-likeness (QED) is 0.891. The molecule has 1 fully saturated rings. The minimum atomic E-state index is -0.346. The second-order valence-corrected chi connectivity index (χ2v) is 4.87. The van der Waals surface area contributed by atoms with E-state index in [0.717, 1.165) is 31.7 Å². The van der Waals surface area contributed by atoms with E-state index in [9.17, 15) is 4.39 Å². The third kappa shape index (κ3) is 3.18. The van der Waals surface area contributed by atoms with Crippen LogP contribution in [0.25, 0.3) is 0 Å². The van der Waals surface area contributed by atoms with Crippen LogP contribution in [0.1, 0.15) is 18.9 Å². The predicted octanol–water partition coefficient (Wildman–Crippen LogP) is 2.66. The molecule has 0 saturated carbocycles. The van der Waals surface area contributed by atoms with Crippen LogP contribution in [0, 0.1) is 5.82 Å². The Morgan fingerprint density at radius 2 is 2.35 bits per heavy atom. The van der Waals surface area contributed by atoms with E-state index in [2.05, 4.69) is 17.1 Å². The summed E-state index contributed by atoms with van der Waals surface area (Å²) in [5.74, 6) is -0.346. The summed E-state index contributed by atoms with van der Waals surface area (Å²) in [6.45, 7) is 6.13. The van der Waals surface area contributed by atoms with Crippen LogP contribution in [0.5, 0.6) is 0 Å². The van der Waals surface area contributed by atoms with E-state index >= 15 is 0 Å². The van der Waals surface area contributed by atoms with Crippen molar-refractivity contribution in [2.75, 3.05) is 19.6 Å². The molecule has 0 aromatic heterocycles. The highest BCUT2D eigenvalue weighted by Crippen LogP contribution is 2.19. The van der Waals surface area contributed by atoms with E-state index in [4.69, 9.17) is 11.6 Å². The molecule has 1 heterocycles. The highest BCUT2D eigenvalue weighted by atomic mass is 35.5. The van der Waals surface area contributed by atoms with Gasteiger partial charge in [0.25, 0.3) is 0 Å². The average molecular weight is 257 g/mol. The fourth-order valence-electron chi connectivity index (χ4n) is 2.32. The summed E-state index contributed by atoms with van der Waals surface area (Å²) < 4.78 is 13.1. The van der Waals surface area contributed by atoms with E-state index in [-0.39, 0.29) is 10.8 Å². The van der Waals surface area contributed by atoms with Crippen molar-refractivity contribution in [3.05, 3.63) is 34.6 Å². The summed E-state index contributed by atoms with van der Waals surface area (Å²) in [4.78, 5) is 2.41. The van der Waals surface area contributed by atoms with Gasteiger partial charge in [-0.2, -0.15) is 0 Å². The number of rotatable bonds is 4. The zero-order valence-electron chi connectivity index (χ0n) is 10.0. The van der Waals surface area contributed by atoms with Gasteiger partial charge in [0.2, 0.25) is 0 Å². The lowest BCUT2D eigenvalue weighted by atomic mass is 10.1. The van der Waals surface area contributed by atoms with Gasteiger partial charge in [0.05, 0.1) is 5.02 Å². The highest BCUT2D eigenvalue weighted by molar-refractivity contribution is 6.30. The molecule has 1 atom stereocenters. The van der Waals surface area contributed by atoms with Crippen LogP contribution < -0.4 is 5.32 Å². The van der Waals surface area contributed by atoms with Crippen LogP contribution in [-0.4, -0.2) is 30.6 Å². The van der Waals surface area contributed by atoms with Crippen molar-refractivity contribution in [1.29, 1.82) is 0 Å². The van der Waals surface area contributed by atoms with Gasteiger partial charge in [0.1, 0.15) is 5.82 Å². The van der Waals surface area contributed by atoms with Gasteiger partial charge in [0, 0.05) is 19.1 Å². The first-order valence-electron chi connectivity index (χ1n) is 6.09. The molecule has 0 radical (unpaired) electrons. The van der Waals surface area contributed by atoms with E-state index in [1.807, 2.05) is 6.07 Å². The van der Waals surface area contributed by atoms with Crippen LogP contribution in [0.2, 0.25) is 5.02 Å². The fourth-order valence-corrected chi connectivity index (χ4v) is 2.53. The van der Waals surface area contributed by atoms with Crippen LogP contribution in [0.4, 0.5) is 4.39 Å². The fraction of sp³-hybridized carbons (Fsp3) is 0.538. The number of nitrogens with zero attached hydrogens (tertiary/aromatic N) is 1. The third-order valence-corrected chi connectivity index (χ3v) is 3.62. The third-order valence-electron chi connectivity index (χ3n) is 3.33. The molecule has 1 saturated heterocycles. The van der Waals surface area contributed by atoms with Gasteiger partial charge in [-0.15, -0.1) is 0 Å². The van der Waals surface area contributed by atoms with Crippen molar-refractivity contribution in [1.82, 2.24) is 10.2 Å². The molecule has 2 nitrogen and oxygen atoms in total. The zero-order valence-corrected chi connectivity index (χ0v) is 10.8. The number of hydrogen-bond donors (Lipinski definition) is 1. The van der Waals surface area contributed by atoms with Gasteiger partial charge < -0.3 is 5.32 Å². The number of hydrogen-bond acceptors (Lipinski definition) is 2. The standard InChI is InChI=1S/C13H18ClFN2/c1-2-17(11-5-6-16-8-11)9-10-3-4-13(15)12(14)7-10/h3-4,7,11,16H,2,5-6,8-9H2,1H3. The van der Waals surface area contributed by atoms with E-state index < -0.39 is 0 Å². The lowest BCUT2D eigenvalue weighted by molar-refractivity contribution is 0.210. The molecular weight excluding hydrogens is 239 g/mol. The largest absolute Gasteiger partial charge is 0.315 e. The Balaban J connectivity index is 2.04. The molecule has 1 aliphatic rings. The lowest BCUT2D eigenvalue weighted by Crippen LogP contribution is -2.36. The summed E-state index contributed by atoms with van der Waals surface area (Å²) in [6, 6.07) is 5.57. The molecule has 1 N–H and O–H groups in total. The first-order chi connectivity index (χ1) is 8.20. The number of nitrogens with one attached hydrogen (secondary N) is 1. The minimum Gasteiger partial charge on any atom is -0.315 e. The maximum atomic E-state index is 13.1. The molecule has 17 heavy (non-hydrogen) atoms. The highest BCUT2D eigenvalue weighted by Gasteiger charge is 2.21. The van der Waals surface area contributed by atoms with E-state index in [1.54, 1.807) is 6.07 Å². The van der Waals surface area contributed by atoms with Crippen molar-refractivity contribution in [3.63, 3.8) is 0 Å². The van der Waals surface area contributed by atoms with Crippen LogP contribution in [0.15, 0.2) is 18.2 Å². The van der Waals surface area contributed by atoms with Gasteiger partial charge in [-0.1, -0.05) is 24.6 Å². The van der Waals surface area contributed by atoms with Gasteiger partial charge >= 0.3 is 0 Å². The summed E-state index contributed by atoms with van der Waals surface area (Å²) in [7, 11) is 0. The Morgan fingerprint density at radius 3 is 2.94 bits per heavy atom. The minimum absolute atomic E-state index is 0.211. The van der Waals surface area contributed by atoms with E-state index in [1.165, 1.54) is 12.5 Å².